The molecule has 17 heavy (non-hydrogen) atoms. The van der Waals surface area contributed by atoms with E-state index in [1.165, 1.54) is 6.92 Å². The molecule has 0 aromatic carbocycles. The fourth-order valence-electron chi connectivity index (χ4n) is 1.10. The van der Waals surface area contributed by atoms with Crippen molar-refractivity contribution in [3.05, 3.63) is 0 Å². The topological polar surface area (TPSA) is 69.7 Å². The minimum Gasteiger partial charge on any atom is -0.464 e. The Hall–Kier alpha value is -0.330. The molecule has 0 aromatic rings. The zero-order valence-electron chi connectivity index (χ0n) is 10.1. The van der Waals surface area contributed by atoms with Crippen molar-refractivity contribution < 1.29 is 22.1 Å². The first kappa shape index (κ1) is 16.7. The minimum atomic E-state index is -3.84. The van der Waals surface area contributed by atoms with Gasteiger partial charge in [0.2, 0.25) is 0 Å². The summed E-state index contributed by atoms with van der Waals surface area (Å²) >= 11 is 5.14. The third kappa shape index (κ3) is 8.40. The van der Waals surface area contributed by atoms with E-state index >= 15 is 0 Å². The van der Waals surface area contributed by atoms with Gasteiger partial charge in [0.1, 0.15) is 5.21 Å². The summed E-state index contributed by atoms with van der Waals surface area (Å²) in [6.07, 6.45) is 2.80. The molecule has 102 valence electrons. The lowest BCUT2D eigenvalue weighted by molar-refractivity contribution is -0.151. The number of hydrogen-bond donors (Lipinski definition) is 0. The summed E-state index contributed by atoms with van der Waals surface area (Å²) in [5.41, 5.74) is 0. The maximum absolute atomic E-state index is 11.3. The summed E-state index contributed by atoms with van der Waals surface area (Å²) in [5.74, 6) is -0.685. The number of carbonyl (C=O) groups excluding carboxylic acids is 1. The van der Waals surface area contributed by atoms with Crippen molar-refractivity contribution in [3.8, 4) is 0 Å². The molecule has 0 aliphatic carbocycles. The largest absolute Gasteiger partial charge is 0.464 e. The van der Waals surface area contributed by atoms with E-state index in [4.69, 9.17) is 16.3 Å². The quantitative estimate of drug-likeness (QED) is 0.281. The number of unbranched alkanes of at least 4 members (excludes halogenated alkanes) is 3. The smallest absolute Gasteiger partial charge is 0.336 e. The van der Waals surface area contributed by atoms with E-state index in [9.17, 15) is 13.2 Å². The predicted octanol–water partition coefficient (Wildman–Crippen LogP) is 2.04. The zero-order chi connectivity index (χ0) is 13.3. The number of carbonyl (C=O) groups is 1. The molecule has 1 atom stereocenters. The Kier molecular flexibility index (Phi) is 8.55. The molecule has 7 heteroatoms. The number of alkyl halides is 1. The summed E-state index contributed by atoms with van der Waals surface area (Å²) in [4.78, 5) is 11.3. The van der Waals surface area contributed by atoms with Gasteiger partial charge in [-0.25, -0.2) is 4.79 Å². The molecule has 0 N–H and O–H groups in total. The summed E-state index contributed by atoms with van der Waals surface area (Å²) in [6.45, 7) is 3.69. The van der Waals surface area contributed by atoms with Gasteiger partial charge in [-0.15, -0.1) is 11.6 Å². The average molecular weight is 287 g/mol. The maximum atomic E-state index is 11.3. The average Bonchev–Trinajstić information content (AvgIpc) is 2.28. The Morgan fingerprint density at radius 1 is 1.29 bits per heavy atom. The second kappa shape index (κ2) is 8.72. The molecule has 0 spiro atoms. The second-order valence-corrected chi connectivity index (χ2v) is 5.81. The first-order valence-corrected chi connectivity index (χ1v) is 7.67. The fraction of sp³-hybridized carbons (Fsp3) is 0.900. The van der Waals surface area contributed by atoms with Crippen molar-refractivity contribution in [2.45, 2.75) is 45.6 Å². The Morgan fingerprint density at radius 3 is 2.47 bits per heavy atom. The number of halogens is 1. The molecule has 0 bridgehead atoms. The van der Waals surface area contributed by atoms with E-state index in [0.29, 0.717) is 0 Å². The van der Waals surface area contributed by atoms with Gasteiger partial charge in [0.05, 0.1) is 6.61 Å². The fourth-order valence-corrected chi connectivity index (χ4v) is 1.83. The van der Waals surface area contributed by atoms with E-state index in [0.717, 1.165) is 25.7 Å². The lowest BCUT2D eigenvalue weighted by atomic mass is 10.2. The van der Waals surface area contributed by atoms with Crippen molar-refractivity contribution in [2.24, 2.45) is 0 Å². The van der Waals surface area contributed by atoms with Crippen LogP contribution in [0.25, 0.3) is 0 Å². The SMILES string of the molecule is CCCCCCOC(=O)[C@H](C)OS(=O)(=O)CCl. The molecule has 0 saturated carbocycles. The van der Waals surface area contributed by atoms with Crippen molar-refractivity contribution in [3.63, 3.8) is 0 Å². The molecule has 0 rings (SSSR count). The molecule has 0 radical (unpaired) electrons. The summed E-state index contributed by atoms with van der Waals surface area (Å²) < 4.78 is 31.3. The molecule has 0 aromatic heterocycles. The maximum Gasteiger partial charge on any atom is 0.336 e. The normalized spacial score (nSPS) is 13.4. The van der Waals surface area contributed by atoms with Gasteiger partial charge in [-0.1, -0.05) is 26.2 Å². The van der Waals surface area contributed by atoms with Gasteiger partial charge in [0, 0.05) is 0 Å². The lowest BCUT2D eigenvalue weighted by Gasteiger charge is -2.11. The highest BCUT2D eigenvalue weighted by Crippen LogP contribution is 2.05. The van der Waals surface area contributed by atoms with Crippen LogP contribution in [0.3, 0.4) is 0 Å². The van der Waals surface area contributed by atoms with Gasteiger partial charge in [-0.05, 0) is 13.3 Å². The lowest BCUT2D eigenvalue weighted by Crippen LogP contribution is -2.27. The third-order valence-electron chi connectivity index (χ3n) is 2.00. The van der Waals surface area contributed by atoms with Crippen molar-refractivity contribution in [2.75, 3.05) is 11.8 Å². The van der Waals surface area contributed by atoms with E-state index in [-0.39, 0.29) is 6.61 Å². The molecule has 0 aliphatic heterocycles. The van der Waals surface area contributed by atoms with Crippen LogP contribution in [0.1, 0.15) is 39.5 Å². The van der Waals surface area contributed by atoms with Crippen LogP contribution >= 0.6 is 11.6 Å². The summed E-state index contributed by atoms with van der Waals surface area (Å²) in [7, 11) is -3.84. The first-order chi connectivity index (χ1) is 7.93. The van der Waals surface area contributed by atoms with Crippen molar-refractivity contribution >= 4 is 27.7 Å². The van der Waals surface area contributed by atoms with Crippen molar-refractivity contribution in [1.29, 1.82) is 0 Å². The highest BCUT2D eigenvalue weighted by atomic mass is 35.5. The second-order valence-electron chi connectivity index (χ2n) is 3.63. The highest BCUT2D eigenvalue weighted by molar-refractivity contribution is 7.87. The van der Waals surface area contributed by atoms with Gasteiger partial charge >= 0.3 is 5.97 Å². The monoisotopic (exact) mass is 286 g/mol. The van der Waals surface area contributed by atoms with E-state index in [1.54, 1.807) is 0 Å². The number of esters is 1. The summed E-state index contributed by atoms with van der Waals surface area (Å²) in [6, 6.07) is 0. The van der Waals surface area contributed by atoms with Crippen LogP contribution < -0.4 is 0 Å². The molecular formula is C10H19ClO5S. The van der Waals surface area contributed by atoms with Gasteiger partial charge in [-0.2, -0.15) is 8.42 Å². The van der Waals surface area contributed by atoms with Crippen LogP contribution in [-0.4, -0.2) is 32.3 Å². The highest BCUT2D eigenvalue weighted by Gasteiger charge is 2.22. The molecular weight excluding hydrogens is 268 g/mol. The summed E-state index contributed by atoms with van der Waals surface area (Å²) in [5, 5.41) is -0.679. The van der Waals surface area contributed by atoms with Gasteiger partial charge in [0.25, 0.3) is 10.1 Å². The van der Waals surface area contributed by atoms with E-state index in [1.807, 2.05) is 0 Å². The Morgan fingerprint density at radius 2 is 1.94 bits per heavy atom. The van der Waals surface area contributed by atoms with Gasteiger partial charge < -0.3 is 4.74 Å². The number of rotatable bonds is 9. The van der Waals surface area contributed by atoms with Crippen LogP contribution in [0.15, 0.2) is 0 Å². The molecule has 0 saturated heterocycles. The Labute approximate surface area is 108 Å². The third-order valence-corrected chi connectivity index (χ3v) is 3.65. The predicted molar refractivity (Wildman–Crippen MR) is 65.3 cm³/mol. The zero-order valence-corrected chi connectivity index (χ0v) is 11.7. The molecule has 0 heterocycles. The van der Waals surface area contributed by atoms with Gasteiger partial charge in [0.15, 0.2) is 6.10 Å². The van der Waals surface area contributed by atoms with Crippen LogP contribution in [0.2, 0.25) is 0 Å². The van der Waals surface area contributed by atoms with E-state index in [2.05, 4.69) is 11.1 Å². The minimum absolute atomic E-state index is 0.285. The molecule has 0 aliphatic rings. The van der Waals surface area contributed by atoms with Gasteiger partial charge in [-0.3, -0.25) is 4.18 Å². The molecule has 0 amide bonds. The number of hydrogen-bond acceptors (Lipinski definition) is 5. The van der Waals surface area contributed by atoms with Crippen molar-refractivity contribution in [1.82, 2.24) is 0 Å². The van der Waals surface area contributed by atoms with Crippen LogP contribution in [0, 0.1) is 0 Å². The van der Waals surface area contributed by atoms with Crippen LogP contribution in [-0.2, 0) is 23.8 Å². The molecule has 5 nitrogen and oxygen atoms in total. The van der Waals surface area contributed by atoms with Crippen LogP contribution in [0.4, 0.5) is 0 Å². The van der Waals surface area contributed by atoms with Crippen LogP contribution in [0.5, 0.6) is 0 Å². The Bertz CT molecular complexity index is 315. The molecule has 0 unspecified atom stereocenters. The first-order valence-electron chi connectivity index (χ1n) is 5.56. The molecule has 0 fully saturated rings. The number of ether oxygens (including phenoxy) is 1. The Balaban J connectivity index is 3.83. The van der Waals surface area contributed by atoms with E-state index < -0.39 is 27.4 Å². The standard InChI is InChI=1S/C10H19ClO5S/c1-3-4-5-6-7-15-10(12)9(2)16-17(13,14)8-11/h9H,3-8H2,1-2H3/t9-/m0/s1.